The average Bonchev–Trinajstić information content (AvgIpc) is 2.65. The Morgan fingerprint density at radius 3 is 2.47 bits per heavy atom. The molecule has 6 nitrogen and oxygen atoms in total. The van der Waals surface area contributed by atoms with Gasteiger partial charge < -0.3 is 10.1 Å². The molecule has 3 N–H and O–H groups in total. The molecule has 0 aliphatic carbocycles. The molecule has 0 aliphatic rings. The highest BCUT2D eigenvalue weighted by molar-refractivity contribution is 7.89. The number of hydrogen-bond donors (Lipinski definition) is 2. The molecule has 0 bridgehead atoms. The Balaban J connectivity index is 1.85. The predicted molar refractivity (Wildman–Crippen MR) is 118 cm³/mol. The van der Waals surface area contributed by atoms with Gasteiger partial charge in [-0.25, -0.2) is 13.6 Å². The first-order valence-electron chi connectivity index (χ1n) is 8.77. The topological polar surface area (TPSA) is 98.5 Å². The van der Waals surface area contributed by atoms with Crippen LogP contribution in [0.1, 0.15) is 11.1 Å². The average molecular weight is 465 g/mol. The fraction of sp³-hybridized carbons (Fsp3) is 0.0952. The van der Waals surface area contributed by atoms with Crippen LogP contribution < -0.4 is 15.2 Å². The van der Waals surface area contributed by atoms with Gasteiger partial charge in [0.05, 0.1) is 6.42 Å². The first-order chi connectivity index (χ1) is 14.1. The second-order valence-electron chi connectivity index (χ2n) is 6.53. The van der Waals surface area contributed by atoms with Crippen LogP contribution in [-0.4, -0.2) is 14.3 Å². The maximum Gasteiger partial charge on any atom is 0.241 e. The molecule has 0 saturated carbocycles. The number of carbonyl (C=O) groups excluding carboxylic acids is 1. The molecule has 0 fully saturated rings. The highest BCUT2D eigenvalue weighted by Gasteiger charge is 2.18. The van der Waals surface area contributed by atoms with Crippen molar-refractivity contribution in [2.75, 3.05) is 5.32 Å². The summed E-state index contributed by atoms with van der Waals surface area (Å²) in [6.45, 7) is 1.86. The van der Waals surface area contributed by atoms with Gasteiger partial charge in [0, 0.05) is 15.7 Å². The Morgan fingerprint density at radius 1 is 1.07 bits per heavy atom. The molecule has 0 atom stereocenters. The van der Waals surface area contributed by atoms with E-state index in [-0.39, 0.29) is 28.7 Å². The molecule has 0 aliphatic heterocycles. The second kappa shape index (κ2) is 9.06. The summed E-state index contributed by atoms with van der Waals surface area (Å²) in [6.07, 6.45) is 0.0387. The molecular weight excluding hydrogens is 447 g/mol. The minimum atomic E-state index is -4.12. The van der Waals surface area contributed by atoms with Crippen molar-refractivity contribution in [3.63, 3.8) is 0 Å². The van der Waals surface area contributed by atoms with E-state index in [9.17, 15) is 13.2 Å². The molecule has 0 aromatic heterocycles. The van der Waals surface area contributed by atoms with Crippen LogP contribution in [0.25, 0.3) is 0 Å². The molecule has 0 heterocycles. The summed E-state index contributed by atoms with van der Waals surface area (Å²) in [4.78, 5) is 12.2. The van der Waals surface area contributed by atoms with Crippen molar-refractivity contribution < 1.29 is 17.9 Å². The molecule has 1 amide bonds. The third-order valence-electron chi connectivity index (χ3n) is 4.25. The minimum absolute atomic E-state index is 0.0136. The number of aryl methyl sites for hydroxylation is 1. The zero-order valence-corrected chi connectivity index (χ0v) is 18.2. The third kappa shape index (κ3) is 5.52. The smallest absolute Gasteiger partial charge is 0.241 e. The summed E-state index contributed by atoms with van der Waals surface area (Å²) >= 11 is 12.1. The van der Waals surface area contributed by atoms with Crippen molar-refractivity contribution in [1.29, 1.82) is 0 Å². The molecule has 156 valence electrons. The van der Waals surface area contributed by atoms with Crippen molar-refractivity contribution in [3.8, 4) is 11.5 Å². The van der Waals surface area contributed by atoms with Crippen molar-refractivity contribution in [3.05, 3.63) is 81.8 Å². The summed E-state index contributed by atoms with van der Waals surface area (Å²) in [6, 6.07) is 16.0. The number of rotatable bonds is 6. The van der Waals surface area contributed by atoms with Gasteiger partial charge in [0.2, 0.25) is 15.9 Å². The molecule has 9 heteroatoms. The van der Waals surface area contributed by atoms with Crippen molar-refractivity contribution in [1.82, 2.24) is 0 Å². The number of nitrogens with one attached hydrogen (secondary N) is 1. The molecule has 3 aromatic carbocycles. The van der Waals surface area contributed by atoms with Gasteiger partial charge in [-0.2, -0.15) is 0 Å². The number of amides is 1. The van der Waals surface area contributed by atoms with Crippen LogP contribution in [0.3, 0.4) is 0 Å². The van der Waals surface area contributed by atoms with Crippen molar-refractivity contribution in [2.45, 2.75) is 18.2 Å². The Morgan fingerprint density at radius 2 is 1.80 bits per heavy atom. The van der Waals surface area contributed by atoms with Gasteiger partial charge in [-0.3, -0.25) is 4.79 Å². The van der Waals surface area contributed by atoms with Gasteiger partial charge in [0.25, 0.3) is 0 Å². The van der Waals surface area contributed by atoms with E-state index >= 15 is 0 Å². The minimum Gasteiger partial charge on any atom is -0.456 e. The zero-order valence-electron chi connectivity index (χ0n) is 15.9. The van der Waals surface area contributed by atoms with Gasteiger partial charge in [0.1, 0.15) is 16.4 Å². The molecule has 0 saturated heterocycles. The van der Waals surface area contributed by atoms with Crippen LogP contribution in [0.15, 0.2) is 65.6 Å². The van der Waals surface area contributed by atoms with Gasteiger partial charge in [-0.1, -0.05) is 41.4 Å². The highest BCUT2D eigenvalue weighted by atomic mass is 35.5. The van der Waals surface area contributed by atoms with E-state index in [4.69, 9.17) is 33.1 Å². The summed E-state index contributed by atoms with van der Waals surface area (Å²) in [5.41, 5.74) is 1.84. The number of carbonyl (C=O) groups is 1. The predicted octanol–water partition coefficient (Wildman–Crippen LogP) is 4.92. The van der Waals surface area contributed by atoms with Gasteiger partial charge in [0.15, 0.2) is 0 Å². The summed E-state index contributed by atoms with van der Waals surface area (Å²) in [7, 11) is -4.12. The van der Waals surface area contributed by atoms with E-state index in [1.807, 2.05) is 13.0 Å². The first-order valence-corrected chi connectivity index (χ1v) is 11.1. The first kappa shape index (κ1) is 22.1. The van der Waals surface area contributed by atoms with Crippen LogP contribution >= 0.6 is 23.2 Å². The fourth-order valence-electron chi connectivity index (χ4n) is 2.81. The van der Waals surface area contributed by atoms with Gasteiger partial charge in [-0.05, 0) is 60.5 Å². The molecule has 3 rings (SSSR count). The normalized spacial score (nSPS) is 11.2. The lowest BCUT2D eigenvalue weighted by atomic mass is 10.1. The van der Waals surface area contributed by atoms with Crippen LogP contribution in [0.2, 0.25) is 10.0 Å². The lowest BCUT2D eigenvalue weighted by molar-refractivity contribution is -0.115. The van der Waals surface area contributed by atoms with Gasteiger partial charge in [-0.15, -0.1) is 0 Å². The second-order valence-corrected chi connectivity index (χ2v) is 8.90. The Kier molecular flexibility index (Phi) is 6.67. The summed E-state index contributed by atoms with van der Waals surface area (Å²) < 4.78 is 29.8. The van der Waals surface area contributed by atoms with E-state index < -0.39 is 10.0 Å². The maximum atomic E-state index is 12.5. The number of ether oxygens (including phenoxy) is 1. The number of primary sulfonamides is 1. The molecular formula is C21H18Cl2N2O4S. The van der Waals surface area contributed by atoms with E-state index in [0.717, 1.165) is 5.56 Å². The molecule has 0 spiro atoms. The van der Waals surface area contributed by atoms with Crippen LogP contribution in [0.5, 0.6) is 11.5 Å². The number of benzene rings is 3. The van der Waals surface area contributed by atoms with E-state index in [1.165, 1.54) is 24.3 Å². The van der Waals surface area contributed by atoms with E-state index in [1.54, 1.807) is 30.3 Å². The number of nitrogens with two attached hydrogens (primary N) is 1. The largest absolute Gasteiger partial charge is 0.456 e. The van der Waals surface area contributed by atoms with Crippen molar-refractivity contribution in [2.24, 2.45) is 5.14 Å². The van der Waals surface area contributed by atoms with E-state index in [0.29, 0.717) is 21.4 Å². The monoisotopic (exact) mass is 464 g/mol. The lowest BCUT2D eigenvalue weighted by Crippen LogP contribution is -2.17. The molecule has 0 unspecified atom stereocenters. The van der Waals surface area contributed by atoms with Gasteiger partial charge >= 0.3 is 0 Å². The SMILES string of the molecule is Cc1cccc(Cl)c1CC(=O)Nc1ccc(Oc2cccc(Cl)c2)c(S(N)(=O)=O)c1. The summed E-state index contributed by atoms with van der Waals surface area (Å²) in [5.74, 6) is 0.00757. The Hall–Kier alpha value is -2.58. The number of anilines is 1. The number of halogens is 2. The molecule has 30 heavy (non-hydrogen) atoms. The third-order valence-corrected chi connectivity index (χ3v) is 5.77. The number of hydrogen-bond acceptors (Lipinski definition) is 4. The quantitative estimate of drug-likeness (QED) is 0.540. The zero-order chi connectivity index (χ0) is 21.9. The highest BCUT2D eigenvalue weighted by Crippen LogP contribution is 2.32. The van der Waals surface area contributed by atoms with E-state index in [2.05, 4.69) is 5.32 Å². The lowest BCUT2D eigenvalue weighted by Gasteiger charge is -2.13. The van der Waals surface area contributed by atoms with Crippen molar-refractivity contribution >= 4 is 44.8 Å². The number of sulfonamides is 1. The Bertz CT molecular complexity index is 1190. The molecule has 3 aromatic rings. The standard InChI is InChI=1S/C21H18Cl2N2O4S/c1-13-4-2-7-18(23)17(13)12-21(26)25-15-8-9-19(20(11-15)30(24,27)28)29-16-6-3-5-14(22)10-16/h2-11H,12H2,1H3,(H,25,26)(H2,24,27,28). The summed E-state index contributed by atoms with van der Waals surface area (Å²) in [5, 5.41) is 8.92. The van der Waals surface area contributed by atoms with Crippen LogP contribution in [0, 0.1) is 6.92 Å². The van der Waals surface area contributed by atoms with Crippen LogP contribution in [-0.2, 0) is 21.2 Å². The van der Waals surface area contributed by atoms with Crippen LogP contribution in [0.4, 0.5) is 5.69 Å². The fourth-order valence-corrected chi connectivity index (χ4v) is 3.96. The maximum absolute atomic E-state index is 12.5. The Labute approximate surface area is 184 Å². The molecule has 0 radical (unpaired) electrons.